The number of likely N-dealkylation sites (tertiary alicyclic amines) is 1. The number of hydrogen-bond acceptors (Lipinski definition) is 6. The predicted molar refractivity (Wildman–Crippen MR) is 147 cm³/mol. The van der Waals surface area contributed by atoms with Gasteiger partial charge in [-0.25, -0.2) is 4.39 Å². The van der Waals surface area contributed by atoms with Gasteiger partial charge in [0.1, 0.15) is 6.04 Å². The normalized spacial score (nSPS) is 26.3. The third-order valence-corrected chi connectivity index (χ3v) is 9.93. The third-order valence-electron chi connectivity index (χ3n) is 9.93. The van der Waals surface area contributed by atoms with Crippen molar-refractivity contribution in [2.75, 3.05) is 50.7 Å². The highest BCUT2D eigenvalue weighted by Crippen LogP contribution is 2.36. The minimum Gasteiger partial charge on any atom is -0.369 e. The summed E-state index contributed by atoms with van der Waals surface area (Å²) >= 11 is 0. The van der Waals surface area contributed by atoms with E-state index in [9.17, 15) is 14.4 Å². The highest BCUT2D eigenvalue weighted by Gasteiger charge is 2.41. The Kier molecular flexibility index (Phi) is 7.89. The molecule has 39 heavy (non-hydrogen) atoms. The average Bonchev–Trinajstić information content (AvgIpc) is 3.28. The quantitative estimate of drug-likeness (QED) is 0.541. The highest BCUT2D eigenvalue weighted by molar-refractivity contribution is 6.05. The van der Waals surface area contributed by atoms with Gasteiger partial charge in [-0.2, -0.15) is 0 Å². The number of carbonyl (C=O) groups excluding carboxylic acids is 3. The molecule has 2 N–H and O–H groups in total. The van der Waals surface area contributed by atoms with E-state index in [0.717, 1.165) is 44.3 Å². The molecule has 5 aliphatic rings. The maximum atomic E-state index is 15.7. The SMILES string of the molecule is O=C1CC[C@H](N2Cc3c(ccc(N4CCC(CN5CCC(CC6CCNCC6)CC5)CC4)c3F)C2=O)C(=O)N1. The lowest BCUT2D eigenvalue weighted by atomic mass is 9.83. The van der Waals surface area contributed by atoms with E-state index in [0.29, 0.717) is 22.7 Å². The highest BCUT2D eigenvalue weighted by atomic mass is 19.1. The number of rotatable bonds is 6. The molecule has 6 rings (SSSR count). The van der Waals surface area contributed by atoms with Crippen LogP contribution in [0.25, 0.3) is 0 Å². The Morgan fingerprint density at radius 1 is 0.846 bits per heavy atom. The zero-order chi connectivity index (χ0) is 26.9. The van der Waals surface area contributed by atoms with E-state index >= 15 is 4.39 Å². The molecule has 3 amide bonds. The summed E-state index contributed by atoms with van der Waals surface area (Å²) in [5, 5.41) is 5.78. The molecular weight excluding hydrogens is 497 g/mol. The summed E-state index contributed by atoms with van der Waals surface area (Å²) in [4.78, 5) is 43.0. The summed E-state index contributed by atoms with van der Waals surface area (Å²) in [5.41, 5.74) is 1.26. The van der Waals surface area contributed by atoms with E-state index in [-0.39, 0.29) is 37.0 Å². The van der Waals surface area contributed by atoms with Crippen LogP contribution in [0.4, 0.5) is 10.1 Å². The standard InChI is InChI=1S/C30H42FN5O3/c31-28-24-19-36(26-3-4-27(37)33-29(26)38)30(39)23(24)1-2-25(28)35-15-9-22(10-16-35)18-34-13-7-21(8-14-34)17-20-5-11-32-12-6-20/h1-2,20-22,26,32H,3-19H2,(H,33,37,38)/t26-/m0/s1. The fourth-order valence-corrected chi connectivity index (χ4v) is 7.55. The first-order chi connectivity index (χ1) is 19.0. The molecule has 0 aliphatic carbocycles. The molecule has 8 nitrogen and oxygen atoms in total. The van der Waals surface area contributed by atoms with E-state index in [2.05, 4.69) is 20.4 Å². The van der Waals surface area contributed by atoms with Gasteiger partial charge in [-0.1, -0.05) is 0 Å². The van der Waals surface area contributed by atoms with Crippen LogP contribution in [0, 0.1) is 23.6 Å². The van der Waals surface area contributed by atoms with Crippen LogP contribution < -0.4 is 15.5 Å². The minimum absolute atomic E-state index is 0.0736. The Morgan fingerprint density at radius 2 is 1.54 bits per heavy atom. The second-order valence-electron chi connectivity index (χ2n) is 12.4. The van der Waals surface area contributed by atoms with Crippen molar-refractivity contribution in [1.29, 1.82) is 0 Å². The van der Waals surface area contributed by atoms with Crippen molar-refractivity contribution >= 4 is 23.4 Å². The zero-order valence-corrected chi connectivity index (χ0v) is 22.9. The topological polar surface area (TPSA) is 85.0 Å². The first-order valence-corrected chi connectivity index (χ1v) is 15.1. The van der Waals surface area contributed by atoms with Crippen LogP contribution in [0.5, 0.6) is 0 Å². The molecule has 0 saturated carbocycles. The van der Waals surface area contributed by atoms with Crippen molar-refractivity contribution < 1.29 is 18.8 Å². The molecule has 0 unspecified atom stereocenters. The zero-order valence-electron chi connectivity index (χ0n) is 22.9. The Balaban J connectivity index is 0.997. The molecule has 0 spiro atoms. The Morgan fingerprint density at radius 3 is 2.26 bits per heavy atom. The number of nitrogens with zero attached hydrogens (tertiary/aromatic N) is 3. The van der Waals surface area contributed by atoms with Crippen molar-refractivity contribution in [2.45, 2.75) is 70.4 Å². The number of imide groups is 1. The van der Waals surface area contributed by atoms with Crippen LogP contribution >= 0.6 is 0 Å². The molecule has 0 radical (unpaired) electrons. The lowest BCUT2D eigenvalue weighted by Crippen LogP contribution is -2.52. The molecule has 5 aliphatic heterocycles. The number of nitrogens with one attached hydrogen (secondary N) is 2. The summed E-state index contributed by atoms with van der Waals surface area (Å²) in [6, 6.07) is 2.71. The summed E-state index contributed by atoms with van der Waals surface area (Å²) < 4.78 is 15.7. The van der Waals surface area contributed by atoms with Gasteiger partial charge in [0, 0.05) is 37.2 Å². The van der Waals surface area contributed by atoms with Gasteiger partial charge in [0.15, 0.2) is 5.82 Å². The van der Waals surface area contributed by atoms with Crippen LogP contribution in [0.1, 0.15) is 73.7 Å². The second-order valence-corrected chi connectivity index (χ2v) is 12.4. The number of halogens is 1. The smallest absolute Gasteiger partial charge is 0.255 e. The van der Waals surface area contributed by atoms with Crippen LogP contribution in [-0.2, 0) is 16.1 Å². The van der Waals surface area contributed by atoms with Gasteiger partial charge in [0.05, 0.1) is 12.2 Å². The number of piperidine rings is 4. The van der Waals surface area contributed by atoms with Crippen LogP contribution in [0.15, 0.2) is 12.1 Å². The van der Waals surface area contributed by atoms with Crippen molar-refractivity contribution in [1.82, 2.24) is 20.4 Å². The van der Waals surface area contributed by atoms with Crippen LogP contribution in [-0.4, -0.2) is 79.4 Å². The van der Waals surface area contributed by atoms with Crippen LogP contribution in [0.3, 0.4) is 0 Å². The molecular formula is C30H42FN5O3. The van der Waals surface area contributed by atoms with E-state index in [4.69, 9.17) is 0 Å². The molecule has 1 aromatic rings. The molecule has 0 aromatic heterocycles. The number of carbonyl (C=O) groups is 3. The fraction of sp³-hybridized carbons (Fsp3) is 0.700. The maximum absolute atomic E-state index is 15.7. The molecule has 5 heterocycles. The van der Waals surface area contributed by atoms with Crippen molar-refractivity contribution in [2.24, 2.45) is 17.8 Å². The molecule has 1 aromatic carbocycles. The average molecular weight is 540 g/mol. The van der Waals surface area contributed by atoms with Gasteiger partial charge in [-0.3, -0.25) is 19.7 Å². The van der Waals surface area contributed by atoms with Crippen molar-refractivity contribution in [3.05, 3.63) is 29.1 Å². The number of fused-ring (bicyclic) bond motifs is 1. The second kappa shape index (κ2) is 11.5. The van der Waals surface area contributed by atoms with Crippen molar-refractivity contribution in [3.63, 3.8) is 0 Å². The van der Waals surface area contributed by atoms with Gasteiger partial charge in [0.2, 0.25) is 11.8 Å². The van der Waals surface area contributed by atoms with Gasteiger partial charge in [-0.05, 0) is 107 Å². The summed E-state index contributed by atoms with van der Waals surface area (Å²) in [7, 11) is 0. The van der Waals surface area contributed by atoms with Gasteiger partial charge < -0.3 is 20.0 Å². The molecule has 4 fully saturated rings. The lowest BCUT2D eigenvalue weighted by Gasteiger charge is -2.39. The largest absolute Gasteiger partial charge is 0.369 e. The molecule has 0 bridgehead atoms. The fourth-order valence-electron chi connectivity index (χ4n) is 7.55. The number of hydrogen-bond donors (Lipinski definition) is 2. The van der Waals surface area contributed by atoms with Crippen molar-refractivity contribution in [3.8, 4) is 0 Å². The van der Waals surface area contributed by atoms with E-state index in [1.165, 1.54) is 63.2 Å². The summed E-state index contributed by atoms with van der Waals surface area (Å²) in [6.07, 6.45) is 9.33. The number of anilines is 1. The van der Waals surface area contributed by atoms with Crippen LogP contribution in [0.2, 0.25) is 0 Å². The summed E-state index contributed by atoms with van der Waals surface area (Å²) in [6.45, 7) is 7.67. The Labute approximate surface area is 230 Å². The molecule has 1 atom stereocenters. The predicted octanol–water partition coefficient (Wildman–Crippen LogP) is 2.90. The lowest BCUT2D eigenvalue weighted by molar-refractivity contribution is -0.136. The van der Waals surface area contributed by atoms with E-state index < -0.39 is 11.9 Å². The minimum atomic E-state index is -0.726. The molecule has 9 heteroatoms. The summed E-state index contributed by atoms with van der Waals surface area (Å²) in [5.74, 6) is 0.991. The third kappa shape index (κ3) is 5.71. The first-order valence-electron chi connectivity index (χ1n) is 15.1. The Hall–Kier alpha value is -2.52. The molecule has 4 saturated heterocycles. The number of amides is 3. The van der Waals surface area contributed by atoms with E-state index in [1.54, 1.807) is 12.1 Å². The first kappa shape index (κ1) is 26.7. The monoisotopic (exact) mass is 539 g/mol. The van der Waals surface area contributed by atoms with E-state index in [1.807, 2.05) is 0 Å². The number of benzene rings is 1. The maximum Gasteiger partial charge on any atom is 0.255 e. The van der Waals surface area contributed by atoms with Gasteiger partial charge in [0.25, 0.3) is 5.91 Å². The van der Waals surface area contributed by atoms with Gasteiger partial charge in [-0.15, -0.1) is 0 Å². The Bertz CT molecular complexity index is 1090. The molecule has 212 valence electrons. The van der Waals surface area contributed by atoms with Gasteiger partial charge >= 0.3 is 0 Å².